The fourth-order valence-electron chi connectivity index (χ4n) is 1.37. The molecule has 0 unspecified atom stereocenters. The molecule has 0 spiro atoms. The van der Waals surface area contributed by atoms with Gasteiger partial charge in [-0.15, -0.1) is 0 Å². The molecular formula is C12H17NO4S. The van der Waals surface area contributed by atoms with Crippen LogP contribution in [0.3, 0.4) is 0 Å². The van der Waals surface area contributed by atoms with Gasteiger partial charge in [0.25, 0.3) is 5.91 Å². The highest BCUT2D eigenvalue weighted by Gasteiger charge is 2.11. The van der Waals surface area contributed by atoms with Crippen LogP contribution in [0.4, 0.5) is 0 Å². The zero-order chi connectivity index (χ0) is 13.6. The number of aryl methyl sites for hydroxylation is 1. The number of aliphatic hydroxyl groups excluding tert-OH is 1. The molecule has 0 atom stereocenters. The first-order valence-corrected chi connectivity index (χ1v) is 7.43. The topological polar surface area (TPSA) is 83.5 Å². The number of amides is 1. The van der Waals surface area contributed by atoms with Crippen molar-refractivity contribution in [3.05, 3.63) is 35.4 Å². The largest absolute Gasteiger partial charge is 0.395 e. The van der Waals surface area contributed by atoms with Gasteiger partial charge < -0.3 is 10.4 Å². The van der Waals surface area contributed by atoms with Crippen LogP contribution in [-0.2, 0) is 9.84 Å². The van der Waals surface area contributed by atoms with Crippen molar-refractivity contribution in [2.45, 2.75) is 6.92 Å². The van der Waals surface area contributed by atoms with Gasteiger partial charge in [-0.2, -0.15) is 0 Å². The molecular weight excluding hydrogens is 254 g/mol. The lowest BCUT2D eigenvalue weighted by atomic mass is 10.1. The van der Waals surface area contributed by atoms with E-state index in [1.807, 2.05) is 19.1 Å². The van der Waals surface area contributed by atoms with E-state index in [9.17, 15) is 13.2 Å². The summed E-state index contributed by atoms with van der Waals surface area (Å²) in [7, 11) is -3.28. The molecule has 1 rings (SSSR count). The quantitative estimate of drug-likeness (QED) is 0.770. The Bertz CT molecular complexity index is 493. The summed E-state index contributed by atoms with van der Waals surface area (Å²) in [6.45, 7) is 1.58. The molecule has 0 aromatic heterocycles. The second-order valence-electron chi connectivity index (χ2n) is 4.00. The molecule has 6 heteroatoms. The first-order chi connectivity index (χ1) is 8.44. The Morgan fingerprint density at radius 3 is 2.39 bits per heavy atom. The molecule has 0 radical (unpaired) electrons. The van der Waals surface area contributed by atoms with Crippen molar-refractivity contribution in [3.8, 4) is 0 Å². The average molecular weight is 271 g/mol. The minimum Gasteiger partial charge on any atom is -0.395 e. The smallest absolute Gasteiger partial charge is 0.251 e. The third kappa shape index (κ3) is 4.85. The van der Waals surface area contributed by atoms with E-state index >= 15 is 0 Å². The Hall–Kier alpha value is -1.40. The van der Waals surface area contributed by atoms with E-state index in [4.69, 9.17) is 5.11 Å². The fraction of sp³-hybridized carbons (Fsp3) is 0.417. The van der Waals surface area contributed by atoms with Crippen molar-refractivity contribution in [1.29, 1.82) is 0 Å². The molecule has 1 amide bonds. The molecule has 2 N–H and O–H groups in total. The van der Waals surface area contributed by atoms with Crippen molar-refractivity contribution in [2.24, 2.45) is 0 Å². The maximum absolute atomic E-state index is 11.6. The van der Waals surface area contributed by atoms with Crippen molar-refractivity contribution in [1.82, 2.24) is 5.32 Å². The lowest BCUT2D eigenvalue weighted by Crippen LogP contribution is -2.30. The molecule has 0 aliphatic carbocycles. The second-order valence-corrected chi connectivity index (χ2v) is 6.30. The number of hydrogen-bond acceptors (Lipinski definition) is 4. The Morgan fingerprint density at radius 1 is 1.22 bits per heavy atom. The molecule has 18 heavy (non-hydrogen) atoms. The maximum atomic E-state index is 11.6. The van der Waals surface area contributed by atoms with Gasteiger partial charge in [-0.05, 0) is 19.1 Å². The van der Waals surface area contributed by atoms with Crippen molar-refractivity contribution in [3.63, 3.8) is 0 Å². The first-order valence-electron chi connectivity index (χ1n) is 5.61. The Labute approximate surface area is 107 Å². The molecule has 5 nitrogen and oxygen atoms in total. The molecule has 0 aliphatic heterocycles. The number of carbonyl (C=O) groups is 1. The van der Waals surface area contributed by atoms with Gasteiger partial charge in [0.1, 0.15) is 0 Å². The van der Waals surface area contributed by atoms with E-state index in [0.717, 1.165) is 5.56 Å². The van der Waals surface area contributed by atoms with E-state index in [-0.39, 0.29) is 24.0 Å². The van der Waals surface area contributed by atoms with Gasteiger partial charge in [-0.3, -0.25) is 4.79 Å². The minimum atomic E-state index is -3.28. The number of aliphatic hydroxyl groups is 1. The summed E-state index contributed by atoms with van der Waals surface area (Å²) in [6.07, 6.45) is 0. The lowest BCUT2D eigenvalue weighted by molar-refractivity contribution is 0.0956. The number of sulfone groups is 1. The summed E-state index contributed by atoms with van der Waals surface area (Å²) >= 11 is 0. The number of hydrogen-bond donors (Lipinski definition) is 2. The number of nitrogens with one attached hydrogen (secondary N) is 1. The van der Waals surface area contributed by atoms with Gasteiger partial charge >= 0.3 is 0 Å². The number of benzene rings is 1. The number of rotatable bonds is 6. The minimum absolute atomic E-state index is 0.0506. The molecule has 1 aromatic rings. The second kappa shape index (κ2) is 6.51. The Morgan fingerprint density at radius 2 is 1.83 bits per heavy atom. The van der Waals surface area contributed by atoms with Gasteiger partial charge in [0, 0.05) is 12.1 Å². The van der Waals surface area contributed by atoms with Crippen LogP contribution in [0.2, 0.25) is 0 Å². The molecule has 100 valence electrons. The van der Waals surface area contributed by atoms with Gasteiger partial charge in [-0.25, -0.2) is 8.42 Å². The first kappa shape index (κ1) is 14.7. The molecule has 0 aliphatic rings. The average Bonchev–Trinajstić information content (AvgIpc) is 2.29. The van der Waals surface area contributed by atoms with Crippen LogP contribution in [0.25, 0.3) is 0 Å². The van der Waals surface area contributed by atoms with Crippen molar-refractivity contribution < 1.29 is 18.3 Å². The summed E-state index contributed by atoms with van der Waals surface area (Å²) in [6, 6.07) is 7.01. The van der Waals surface area contributed by atoms with Crippen LogP contribution in [0.5, 0.6) is 0 Å². The van der Waals surface area contributed by atoms with Crippen molar-refractivity contribution >= 4 is 15.7 Å². The molecule has 0 saturated heterocycles. The summed E-state index contributed by atoms with van der Waals surface area (Å²) in [4.78, 5) is 11.6. The monoisotopic (exact) mass is 271 g/mol. The maximum Gasteiger partial charge on any atom is 0.251 e. The summed E-state index contributed by atoms with van der Waals surface area (Å²) < 4.78 is 22.6. The normalized spacial score (nSPS) is 11.2. The predicted molar refractivity (Wildman–Crippen MR) is 69.3 cm³/mol. The SMILES string of the molecule is Cc1ccc(C(=O)NCCS(=O)(=O)CCO)cc1. The molecule has 0 fully saturated rings. The van der Waals surface area contributed by atoms with E-state index in [2.05, 4.69) is 5.32 Å². The molecule has 0 heterocycles. The Kier molecular flexibility index (Phi) is 5.30. The zero-order valence-corrected chi connectivity index (χ0v) is 11.0. The van der Waals surface area contributed by atoms with E-state index in [0.29, 0.717) is 5.56 Å². The van der Waals surface area contributed by atoms with Gasteiger partial charge in [0.05, 0.1) is 18.1 Å². The van der Waals surface area contributed by atoms with Crippen LogP contribution >= 0.6 is 0 Å². The summed E-state index contributed by atoms with van der Waals surface area (Å²) in [5.41, 5.74) is 1.55. The van der Waals surface area contributed by atoms with Gasteiger partial charge in [-0.1, -0.05) is 17.7 Å². The van der Waals surface area contributed by atoms with Crippen LogP contribution in [0.15, 0.2) is 24.3 Å². The lowest BCUT2D eigenvalue weighted by Gasteiger charge is -2.06. The van der Waals surface area contributed by atoms with E-state index in [1.165, 1.54) is 0 Å². The standard InChI is InChI=1S/C12H17NO4S/c1-10-2-4-11(5-3-10)12(15)13-6-8-18(16,17)9-7-14/h2-5,14H,6-9H2,1H3,(H,13,15). The molecule has 0 bridgehead atoms. The molecule has 1 aromatic carbocycles. The highest BCUT2D eigenvalue weighted by molar-refractivity contribution is 7.91. The summed E-state index contributed by atoms with van der Waals surface area (Å²) in [5.74, 6) is -0.729. The highest BCUT2D eigenvalue weighted by Crippen LogP contribution is 2.02. The summed E-state index contributed by atoms with van der Waals surface area (Å²) in [5, 5.41) is 11.1. The van der Waals surface area contributed by atoms with E-state index in [1.54, 1.807) is 12.1 Å². The fourth-order valence-corrected chi connectivity index (χ4v) is 2.26. The van der Waals surface area contributed by atoms with Crippen LogP contribution in [0, 0.1) is 6.92 Å². The van der Waals surface area contributed by atoms with Crippen molar-refractivity contribution in [2.75, 3.05) is 24.7 Å². The van der Waals surface area contributed by atoms with Crippen LogP contribution in [-0.4, -0.2) is 44.1 Å². The number of carbonyl (C=O) groups excluding carboxylic acids is 1. The van der Waals surface area contributed by atoms with Gasteiger partial charge in [0.15, 0.2) is 9.84 Å². The third-order valence-electron chi connectivity index (χ3n) is 2.41. The third-order valence-corrected chi connectivity index (χ3v) is 4.05. The zero-order valence-electron chi connectivity index (χ0n) is 10.2. The van der Waals surface area contributed by atoms with E-state index < -0.39 is 16.4 Å². The van der Waals surface area contributed by atoms with Crippen LogP contribution in [0.1, 0.15) is 15.9 Å². The highest BCUT2D eigenvalue weighted by atomic mass is 32.2. The van der Waals surface area contributed by atoms with Crippen LogP contribution < -0.4 is 5.32 Å². The predicted octanol–water partition coefficient (Wildman–Crippen LogP) is 0.132. The Balaban J connectivity index is 2.45. The van der Waals surface area contributed by atoms with Gasteiger partial charge in [0.2, 0.25) is 0 Å². The molecule has 0 saturated carbocycles.